The van der Waals surface area contributed by atoms with Crippen LogP contribution in [0.2, 0.25) is 0 Å². The predicted molar refractivity (Wildman–Crippen MR) is 44.2 cm³/mol. The highest BCUT2D eigenvalue weighted by Gasteiger charge is 2.86. The first-order chi connectivity index (χ1) is 11.0. The topological polar surface area (TPSA) is 23.1 Å². The fourth-order valence-electron chi connectivity index (χ4n) is 1.11. The molecular formula is C8H2F16NO. The van der Waals surface area contributed by atoms with Crippen molar-refractivity contribution in [1.29, 1.82) is 0 Å². The zero-order chi connectivity index (χ0) is 21.7. The van der Waals surface area contributed by atoms with Crippen molar-refractivity contribution < 1.29 is 75.5 Å². The molecule has 26 heavy (non-hydrogen) atoms. The van der Waals surface area contributed by atoms with Crippen molar-refractivity contribution in [1.82, 2.24) is 5.06 Å². The van der Waals surface area contributed by atoms with E-state index in [1.165, 1.54) is 0 Å². The van der Waals surface area contributed by atoms with Crippen LogP contribution in [-0.4, -0.2) is 53.7 Å². The normalized spacial score (nSPS) is 16.2. The minimum Gasteiger partial charge on any atom is -0.203 e. The molecule has 0 rings (SSSR count). The van der Waals surface area contributed by atoms with Crippen molar-refractivity contribution in [3.05, 3.63) is 0 Å². The Hall–Kier alpha value is -1.20. The standard InChI is InChI=1S/C8H2F16NO/c9-1(10)3(13,14)5(17,18)7(21,22)25(26)8(23,24)6(19,20)4(15,16)2(11)12/h1-2H. The predicted octanol–water partition coefficient (Wildman–Crippen LogP) is 4.89. The molecule has 0 fully saturated rings. The van der Waals surface area contributed by atoms with Crippen molar-refractivity contribution >= 4 is 0 Å². The molecule has 0 heterocycles. The van der Waals surface area contributed by atoms with Crippen LogP contribution in [0.5, 0.6) is 0 Å². The number of nitrogens with zero attached hydrogens (tertiary/aromatic N) is 1. The van der Waals surface area contributed by atoms with Crippen LogP contribution in [0.3, 0.4) is 0 Å². The van der Waals surface area contributed by atoms with Gasteiger partial charge in [-0.3, -0.25) is 0 Å². The molecule has 0 aliphatic rings. The van der Waals surface area contributed by atoms with Gasteiger partial charge in [-0.25, -0.2) is 17.6 Å². The lowest BCUT2D eigenvalue weighted by atomic mass is 10.1. The molecule has 0 aromatic heterocycles. The number of hydroxylamine groups is 2. The molecule has 0 atom stereocenters. The Balaban J connectivity index is 6.28. The van der Waals surface area contributed by atoms with Crippen LogP contribution in [-0.2, 0) is 5.21 Å². The average molecular weight is 432 g/mol. The second kappa shape index (κ2) is 6.45. The number of halogens is 16. The Morgan fingerprint density at radius 2 is 0.692 bits per heavy atom. The van der Waals surface area contributed by atoms with Crippen LogP contribution in [0.25, 0.3) is 0 Å². The fourth-order valence-corrected chi connectivity index (χ4v) is 1.11. The van der Waals surface area contributed by atoms with Gasteiger partial charge >= 0.3 is 48.6 Å². The second-order valence-corrected chi connectivity index (χ2v) is 4.37. The van der Waals surface area contributed by atoms with Crippen LogP contribution >= 0.6 is 0 Å². The van der Waals surface area contributed by atoms with Crippen molar-refractivity contribution in [2.45, 2.75) is 48.6 Å². The summed E-state index contributed by atoms with van der Waals surface area (Å²) in [5, 5.41) is 6.06. The maximum absolute atomic E-state index is 12.9. The molecule has 0 saturated heterocycles. The van der Waals surface area contributed by atoms with Crippen molar-refractivity contribution in [2.24, 2.45) is 0 Å². The molecule has 0 saturated carbocycles. The molecule has 0 aromatic carbocycles. The van der Waals surface area contributed by atoms with E-state index in [0.717, 1.165) is 0 Å². The molecule has 0 aliphatic carbocycles. The number of hydrogen-bond acceptors (Lipinski definition) is 1. The van der Waals surface area contributed by atoms with Gasteiger partial charge in [-0.1, -0.05) is 0 Å². The lowest BCUT2D eigenvalue weighted by Crippen LogP contribution is -2.72. The Morgan fingerprint density at radius 3 is 0.846 bits per heavy atom. The summed E-state index contributed by atoms with van der Waals surface area (Å²) in [5.74, 6) is -30.2. The molecule has 0 spiro atoms. The van der Waals surface area contributed by atoms with Gasteiger partial charge < -0.3 is 0 Å². The van der Waals surface area contributed by atoms with Gasteiger partial charge in [-0.2, -0.15) is 52.7 Å². The van der Waals surface area contributed by atoms with Gasteiger partial charge in [0.05, 0.1) is 0 Å². The van der Waals surface area contributed by atoms with E-state index in [9.17, 15) is 75.5 Å². The first-order valence-electron chi connectivity index (χ1n) is 5.35. The van der Waals surface area contributed by atoms with Gasteiger partial charge in [-0.15, -0.1) is 5.21 Å². The Bertz CT molecular complexity index is 456. The Morgan fingerprint density at radius 1 is 0.500 bits per heavy atom. The molecule has 2 nitrogen and oxygen atoms in total. The van der Waals surface area contributed by atoms with Gasteiger partial charge in [0.2, 0.25) is 0 Å². The highest BCUT2D eigenvalue weighted by molar-refractivity contribution is 5.02. The largest absolute Gasteiger partial charge is 0.402 e. The molecule has 157 valence electrons. The fraction of sp³-hybridized carbons (Fsp3) is 1.00. The minimum absolute atomic E-state index is 4.35. The lowest BCUT2D eigenvalue weighted by molar-refractivity contribution is -0.522. The molecule has 0 unspecified atom stereocenters. The third-order valence-electron chi connectivity index (χ3n) is 2.65. The van der Waals surface area contributed by atoms with E-state index in [0.29, 0.717) is 0 Å². The number of rotatable bonds is 8. The number of hydrogen-bond donors (Lipinski definition) is 0. The average Bonchev–Trinajstić information content (AvgIpc) is 2.44. The van der Waals surface area contributed by atoms with Crippen molar-refractivity contribution in [3.63, 3.8) is 0 Å². The summed E-state index contributed by atoms with van der Waals surface area (Å²) in [4.78, 5) is 0. The van der Waals surface area contributed by atoms with E-state index in [2.05, 4.69) is 0 Å². The molecule has 1 radical (unpaired) electrons. The summed E-state index contributed by atoms with van der Waals surface area (Å²) in [6.07, 6.45) is -11.5. The number of alkyl halides is 16. The van der Waals surface area contributed by atoms with E-state index >= 15 is 0 Å². The Kier molecular flexibility index (Phi) is 6.15. The van der Waals surface area contributed by atoms with E-state index < -0.39 is 53.7 Å². The summed E-state index contributed by atoms with van der Waals surface area (Å²) in [7, 11) is 0. The first-order valence-corrected chi connectivity index (χ1v) is 5.35. The minimum atomic E-state index is -7.88. The zero-order valence-corrected chi connectivity index (χ0v) is 11.1. The summed E-state index contributed by atoms with van der Waals surface area (Å²) in [6, 6.07) is -15.8. The van der Waals surface area contributed by atoms with Gasteiger partial charge in [0.15, 0.2) is 0 Å². The second-order valence-electron chi connectivity index (χ2n) is 4.37. The molecule has 0 aromatic rings. The van der Waals surface area contributed by atoms with E-state index in [1.54, 1.807) is 0 Å². The van der Waals surface area contributed by atoms with Crippen LogP contribution in [0.15, 0.2) is 0 Å². The van der Waals surface area contributed by atoms with Crippen molar-refractivity contribution in [3.8, 4) is 0 Å². The first kappa shape index (κ1) is 24.8. The van der Waals surface area contributed by atoms with Crippen LogP contribution < -0.4 is 0 Å². The summed E-state index contributed by atoms with van der Waals surface area (Å²) in [5.41, 5.74) is 0. The van der Waals surface area contributed by atoms with Crippen LogP contribution in [0, 0.1) is 0 Å². The summed E-state index contributed by atoms with van der Waals surface area (Å²) < 4.78 is 199. The van der Waals surface area contributed by atoms with Crippen LogP contribution in [0.4, 0.5) is 70.2 Å². The van der Waals surface area contributed by atoms with Crippen molar-refractivity contribution in [2.75, 3.05) is 0 Å². The smallest absolute Gasteiger partial charge is 0.203 e. The summed E-state index contributed by atoms with van der Waals surface area (Å²) in [6.45, 7) is 0. The molecule has 0 N–H and O–H groups in total. The highest BCUT2D eigenvalue weighted by Crippen LogP contribution is 2.56. The lowest BCUT2D eigenvalue weighted by Gasteiger charge is -2.40. The monoisotopic (exact) mass is 432 g/mol. The summed E-state index contributed by atoms with van der Waals surface area (Å²) >= 11 is 0. The van der Waals surface area contributed by atoms with E-state index in [1.807, 2.05) is 0 Å². The maximum Gasteiger partial charge on any atom is 0.402 e. The maximum atomic E-state index is 12.9. The third-order valence-corrected chi connectivity index (χ3v) is 2.65. The molecule has 0 amide bonds. The quantitative estimate of drug-likeness (QED) is 0.305. The van der Waals surface area contributed by atoms with E-state index in [-0.39, 0.29) is 0 Å². The van der Waals surface area contributed by atoms with Crippen LogP contribution in [0.1, 0.15) is 0 Å². The third kappa shape index (κ3) is 3.13. The Labute approximate surface area is 130 Å². The van der Waals surface area contributed by atoms with Gasteiger partial charge in [0.1, 0.15) is 0 Å². The molecule has 0 bridgehead atoms. The SMILES string of the molecule is [O]N(C(F)(F)C(F)(F)C(F)(F)C(F)F)C(F)(F)C(F)(F)C(F)(F)C(F)F. The molecular weight excluding hydrogens is 430 g/mol. The van der Waals surface area contributed by atoms with Gasteiger partial charge in [0, 0.05) is 0 Å². The zero-order valence-electron chi connectivity index (χ0n) is 11.1. The molecule has 18 heteroatoms. The van der Waals surface area contributed by atoms with E-state index in [4.69, 9.17) is 0 Å². The van der Waals surface area contributed by atoms with Gasteiger partial charge in [-0.05, 0) is 5.06 Å². The van der Waals surface area contributed by atoms with Gasteiger partial charge in [0.25, 0.3) is 0 Å². The molecule has 0 aliphatic heterocycles. The highest BCUT2D eigenvalue weighted by atomic mass is 19.4.